The summed E-state index contributed by atoms with van der Waals surface area (Å²) < 4.78 is 5.34. The third-order valence-corrected chi connectivity index (χ3v) is 3.26. The van der Waals surface area contributed by atoms with Crippen LogP contribution in [-0.4, -0.2) is 18.7 Å². The quantitative estimate of drug-likeness (QED) is 0.563. The Hall–Kier alpha value is -1.60. The van der Waals surface area contributed by atoms with Gasteiger partial charge in [-0.05, 0) is 37.0 Å². The van der Waals surface area contributed by atoms with Crippen LogP contribution >= 0.6 is 0 Å². The maximum absolute atomic E-state index is 10.4. The van der Waals surface area contributed by atoms with Gasteiger partial charge in [0.25, 0.3) is 0 Å². The van der Waals surface area contributed by atoms with Crippen LogP contribution in [-0.2, 0) is 17.6 Å². The SMILES string of the molecule is COc1cccc2c1CC(C)(N=C=O)CC2. The van der Waals surface area contributed by atoms with E-state index in [9.17, 15) is 4.79 Å². The van der Waals surface area contributed by atoms with Gasteiger partial charge in [-0.1, -0.05) is 12.1 Å². The van der Waals surface area contributed by atoms with Crippen molar-refractivity contribution in [3.8, 4) is 5.75 Å². The number of fused-ring (bicyclic) bond motifs is 1. The molecule has 1 atom stereocenters. The van der Waals surface area contributed by atoms with Crippen LogP contribution < -0.4 is 4.74 Å². The predicted molar refractivity (Wildman–Crippen MR) is 61.5 cm³/mol. The first-order valence-electron chi connectivity index (χ1n) is 5.42. The van der Waals surface area contributed by atoms with E-state index in [4.69, 9.17) is 4.74 Å². The molecule has 1 aliphatic rings. The maximum Gasteiger partial charge on any atom is 0.235 e. The number of ether oxygens (including phenoxy) is 1. The third-order valence-electron chi connectivity index (χ3n) is 3.26. The highest BCUT2D eigenvalue weighted by Gasteiger charge is 2.31. The number of hydrogen-bond donors (Lipinski definition) is 0. The van der Waals surface area contributed by atoms with Crippen molar-refractivity contribution in [2.24, 2.45) is 4.99 Å². The van der Waals surface area contributed by atoms with Gasteiger partial charge in [0, 0.05) is 6.42 Å². The average molecular weight is 217 g/mol. The summed E-state index contributed by atoms with van der Waals surface area (Å²) in [6, 6.07) is 6.07. The smallest absolute Gasteiger partial charge is 0.235 e. The highest BCUT2D eigenvalue weighted by atomic mass is 16.5. The van der Waals surface area contributed by atoms with E-state index in [1.54, 1.807) is 13.2 Å². The Morgan fingerprint density at radius 1 is 1.50 bits per heavy atom. The van der Waals surface area contributed by atoms with Gasteiger partial charge in [-0.2, -0.15) is 4.99 Å². The second-order valence-electron chi connectivity index (χ2n) is 4.47. The first-order chi connectivity index (χ1) is 7.68. The van der Waals surface area contributed by atoms with E-state index in [1.165, 1.54) is 11.1 Å². The summed E-state index contributed by atoms with van der Waals surface area (Å²) >= 11 is 0. The lowest BCUT2D eigenvalue weighted by Gasteiger charge is -2.30. The number of hydrogen-bond acceptors (Lipinski definition) is 3. The molecule has 0 amide bonds. The van der Waals surface area contributed by atoms with Gasteiger partial charge in [0.15, 0.2) is 0 Å². The molecule has 84 valence electrons. The molecule has 0 fully saturated rings. The van der Waals surface area contributed by atoms with Crippen LogP contribution in [0, 0.1) is 0 Å². The van der Waals surface area contributed by atoms with Crippen LogP contribution in [0.25, 0.3) is 0 Å². The van der Waals surface area contributed by atoms with Gasteiger partial charge in [-0.15, -0.1) is 0 Å². The number of isocyanates is 1. The zero-order chi connectivity index (χ0) is 11.6. The van der Waals surface area contributed by atoms with Crippen LogP contribution in [0.3, 0.4) is 0 Å². The van der Waals surface area contributed by atoms with Crippen LogP contribution in [0.4, 0.5) is 0 Å². The van der Waals surface area contributed by atoms with E-state index in [-0.39, 0.29) is 5.54 Å². The molecule has 0 aromatic heterocycles. The molecule has 0 saturated heterocycles. The monoisotopic (exact) mass is 217 g/mol. The van der Waals surface area contributed by atoms with Crippen molar-refractivity contribution in [1.82, 2.24) is 0 Å². The van der Waals surface area contributed by atoms with Gasteiger partial charge < -0.3 is 4.74 Å². The fraction of sp³-hybridized carbons (Fsp3) is 0.462. The zero-order valence-electron chi connectivity index (χ0n) is 9.62. The number of carbonyl (C=O) groups excluding carboxylic acids is 1. The number of benzene rings is 1. The van der Waals surface area contributed by atoms with Crippen molar-refractivity contribution >= 4 is 6.08 Å². The molecule has 1 aliphatic carbocycles. The predicted octanol–water partition coefficient (Wildman–Crippen LogP) is 2.28. The second-order valence-corrected chi connectivity index (χ2v) is 4.47. The highest BCUT2D eigenvalue weighted by molar-refractivity contribution is 5.45. The Morgan fingerprint density at radius 3 is 3.00 bits per heavy atom. The normalized spacial score (nSPS) is 23.1. The number of nitrogens with zero attached hydrogens (tertiary/aromatic N) is 1. The second kappa shape index (κ2) is 4.11. The van der Waals surface area contributed by atoms with Crippen molar-refractivity contribution < 1.29 is 9.53 Å². The van der Waals surface area contributed by atoms with E-state index in [2.05, 4.69) is 11.1 Å². The fourth-order valence-electron chi connectivity index (χ4n) is 2.32. The number of methoxy groups -OCH3 is 1. The molecule has 1 unspecified atom stereocenters. The Kier molecular flexibility index (Phi) is 2.80. The largest absolute Gasteiger partial charge is 0.496 e. The molecule has 0 heterocycles. The lowest BCUT2D eigenvalue weighted by atomic mass is 9.79. The topological polar surface area (TPSA) is 38.7 Å². The molecular weight excluding hydrogens is 202 g/mol. The fourth-order valence-corrected chi connectivity index (χ4v) is 2.32. The molecule has 0 spiro atoms. The molecule has 16 heavy (non-hydrogen) atoms. The summed E-state index contributed by atoms with van der Waals surface area (Å²) in [5, 5.41) is 0. The summed E-state index contributed by atoms with van der Waals surface area (Å²) in [7, 11) is 1.67. The first kappa shape index (κ1) is 10.9. The molecule has 0 radical (unpaired) electrons. The maximum atomic E-state index is 10.4. The summed E-state index contributed by atoms with van der Waals surface area (Å²) in [5.74, 6) is 0.893. The van der Waals surface area contributed by atoms with Crippen molar-refractivity contribution in [3.63, 3.8) is 0 Å². The molecule has 0 aliphatic heterocycles. The Balaban J connectivity index is 2.42. The van der Waals surface area contributed by atoms with Gasteiger partial charge in [-0.25, -0.2) is 4.79 Å². The molecule has 1 aromatic carbocycles. The van der Waals surface area contributed by atoms with E-state index >= 15 is 0 Å². The van der Waals surface area contributed by atoms with Crippen LogP contribution in [0.5, 0.6) is 5.75 Å². The summed E-state index contributed by atoms with van der Waals surface area (Å²) in [5.41, 5.74) is 2.17. The van der Waals surface area contributed by atoms with Gasteiger partial charge in [0.05, 0.1) is 12.6 Å². The lowest BCUT2D eigenvalue weighted by molar-refractivity contribution is 0.374. The van der Waals surface area contributed by atoms with Crippen molar-refractivity contribution in [3.05, 3.63) is 29.3 Å². The van der Waals surface area contributed by atoms with E-state index in [0.29, 0.717) is 0 Å². The zero-order valence-corrected chi connectivity index (χ0v) is 9.62. The minimum Gasteiger partial charge on any atom is -0.496 e. The van der Waals surface area contributed by atoms with Crippen LogP contribution in [0.15, 0.2) is 23.2 Å². The molecular formula is C13H15NO2. The van der Waals surface area contributed by atoms with Gasteiger partial charge in [0.2, 0.25) is 6.08 Å². The molecule has 1 aromatic rings. The summed E-state index contributed by atoms with van der Waals surface area (Å²) in [6.45, 7) is 1.99. The van der Waals surface area contributed by atoms with Crippen LogP contribution in [0.2, 0.25) is 0 Å². The minimum absolute atomic E-state index is 0.316. The summed E-state index contributed by atoms with van der Waals surface area (Å²) in [6.07, 6.45) is 4.26. The Bertz CT molecular complexity index is 435. The lowest BCUT2D eigenvalue weighted by Crippen LogP contribution is -2.30. The summed E-state index contributed by atoms with van der Waals surface area (Å²) in [4.78, 5) is 14.4. The molecule has 0 bridgehead atoms. The highest BCUT2D eigenvalue weighted by Crippen LogP contribution is 2.35. The molecule has 0 saturated carbocycles. The van der Waals surface area contributed by atoms with Gasteiger partial charge in [-0.3, -0.25) is 0 Å². The number of aliphatic imine (C=N–C) groups is 1. The van der Waals surface area contributed by atoms with E-state index < -0.39 is 0 Å². The molecule has 2 rings (SSSR count). The van der Waals surface area contributed by atoms with Crippen molar-refractivity contribution in [2.75, 3.05) is 7.11 Å². The minimum atomic E-state index is -0.316. The van der Waals surface area contributed by atoms with Gasteiger partial charge >= 0.3 is 0 Å². The first-order valence-corrected chi connectivity index (χ1v) is 5.42. The number of aryl methyl sites for hydroxylation is 1. The molecule has 3 nitrogen and oxygen atoms in total. The number of rotatable bonds is 2. The Morgan fingerprint density at radius 2 is 2.31 bits per heavy atom. The van der Waals surface area contributed by atoms with Crippen molar-refractivity contribution in [1.29, 1.82) is 0 Å². The Labute approximate surface area is 95.2 Å². The van der Waals surface area contributed by atoms with Gasteiger partial charge in [0.1, 0.15) is 5.75 Å². The standard InChI is InChI=1S/C13H15NO2/c1-13(14-9-15)7-6-10-4-3-5-12(16-2)11(10)8-13/h3-5H,6-8H2,1-2H3. The molecule has 3 heteroatoms. The van der Waals surface area contributed by atoms with E-state index in [0.717, 1.165) is 25.0 Å². The van der Waals surface area contributed by atoms with Crippen LogP contribution in [0.1, 0.15) is 24.5 Å². The van der Waals surface area contributed by atoms with E-state index in [1.807, 2.05) is 19.1 Å². The third kappa shape index (κ3) is 1.86. The average Bonchev–Trinajstić information content (AvgIpc) is 2.28. The van der Waals surface area contributed by atoms with Crippen molar-refractivity contribution in [2.45, 2.75) is 31.7 Å². The molecule has 0 N–H and O–H groups in total.